The number of hydrogen-bond donors (Lipinski definition) is 4. The molecule has 1 heterocycles. The van der Waals surface area contributed by atoms with Crippen molar-refractivity contribution in [3.05, 3.63) is 53.6 Å². The highest BCUT2D eigenvalue weighted by Crippen LogP contribution is 2.28. The minimum atomic E-state index is -0.914. The third kappa shape index (κ3) is 6.93. The molecular weight excluding hydrogens is 376 g/mol. The Bertz CT molecular complexity index is 879. The third-order valence-electron chi connectivity index (χ3n) is 3.82. The van der Waals surface area contributed by atoms with Gasteiger partial charge < -0.3 is 30.4 Å². The number of aliphatic carboxylic acids is 1. The second kappa shape index (κ2) is 10.8. The van der Waals surface area contributed by atoms with E-state index in [9.17, 15) is 9.59 Å². The number of hydrogen-bond acceptors (Lipinski definition) is 6. The number of aliphatic hydroxyl groups is 1. The number of benzene rings is 2. The van der Waals surface area contributed by atoms with Crippen molar-refractivity contribution in [2.75, 3.05) is 25.1 Å². The summed E-state index contributed by atoms with van der Waals surface area (Å²) >= 11 is 0. The molecule has 8 nitrogen and oxygen atoms in total. The molecule has 4 N–H and O–H groups in total. The average Bonchev–Trinajstić information content (AvgIpc) is 2.71. The minimum Gasteiger partial charge on any atom is -0.487 e. The van der Waals surface area contributed by atoms with Gasteiger partial charge in [0, 0.05) is 12.2 Å². The fourth-order valence-electron chi connectivity index (χ4n) is 2.43. The van der Waals surface area contributed by atoms with Gasteiger partial charge in [0.05, 0.1) is 17.8 Å². The van der Waals surface area contributed by atoms with E-state index in [-0.39, 0.29) is 31.3 Å². The molecule has 3 rings (SSSR count). The van der Waals surface area contributed by atoms with Crippen LogP contribution in [-0.2, 0) is 16.0 Å². The normalized spacial score (nSPS) is 11.9. The molecular formula is C21H24N2O6. The van der Waals surface area contributed by atoms with E-state index < -0.39 is 5.97 Å². The molecule has 0 spiro atoms. The van der Waals surface area contributed by atoms with E-state index in [1.807, 2.05) is 6.92 Å². The number of rotatable bonds is 7. The topological polar surface area (TPSA) is 129 Å². The summed E-state index contributed by atoms with van der Waals surface area (Å²) in [7, 11) is 0. The van der Waals surface area contributed by atoms with Crippen molar-refractivity contribution in [3.63, 3.8) is 0 Å². The van der Waals surface area contributed by atoms with Crippen LogP contribution >= 0.6 is 0 Å². The van der Waals surface area contributed by atoms with Crippen molar-refractivity contribution in [3.8, 4) is 11.5 Å². The van der Waals surface area contributed by atoms with Gasteiger partial charge in [-0.25, -0.2) is 0 Å². The molecule has 0 aromatic heterocycles. The standard InChI is InChI=1S/C18H16N2O5.C3H8O/c19-14(9-24-13-3-1-2-11(6-13)7-18(22)23)12-4-5-16-15(8-12)20-17(21)10-25-16;1-2-3-4/h1-6,8,19H,7,9-10H2,(H,20,21)(H,22,23);4H,2-3H2,1H3. The van der Waals surface area contributed by atoms with Crippen LogP contribution in [0.4, 0.5) is 5.69 Å². The number of amides is 1. The summed E-state index contributed by atoms with van der Waals surface area (Å²) in [6, 6.07) is 11.9. The first-order chi connectivity index (χ1) is 13.9. The van der Waals surface area contributed by atoms with E-state index in [2.05, 4.69) is 5.32 Å². The fraction of sp³-hybridized carbons (Fsp3) is 0.286. The smallest absolute Gasteiger partial charge is 0.307 e. The summed E-state index contributed by atoms with van der Waals surface area (Å²) < 4.78 is 10.9. The number of fused-ring (bicyclic) bond motifs is 1. The Morgan fingerprint density at radius 2 is 2.03 bits per heavy atom. The van der Waals surface area contributed by atoms with Gasteiger partial charge >= 0.3 is 5.97 Å². The van der Waals surface area contributed by atoms with Gasteiger partial charge in [0.2, 0.25) is 0 Å². The van der Waals surface area contributed by atoms with Crippen molar-refractivity contribution < 1.29 is 29.3 Å². The predicted octanol–water partition coefficient (Wildman–Crippen LogP) is 2.48. The van der Waals surface area contributed by atoms with Crippen molar-refractivity contribution in [1.82, 2.24) is 0 Å². The molecule has 2 aromatic carbocycles. The van der Waals surface area contributed by atoms with Crippen LogP contribution in [0.1, 0.15) is 24.5 Å². The number of carboxylic acids is 1. The average molecular weight is 400 g/mol. The first-order valence-corrected chi connectivity index (χ1v) is 9.11. The number of nitrogens with one attached hydrogen (secondary N) is 2. The van der Waals surface area contributed by atoms with Crippen LogP contribution in [-0.4, -0.2) is 47.6 Å². The fourth-order valence-corrected chi connectivity index (χ4v) is 2.43. The molecule has 154 valence electrons. The van der Waals surface area contributed by atoms with Crippen molar-refractivity contribution in [2.45, 2.75) is 19.8 Å². The van der Waals surface area contributed by atoms with Gasteiger partial charge in [-0.2, -0.15) is 0 Å². The second-order valence-electron chi connectivity index (χ2n) is 6.26. The van der Waals surface area contributed by atoms with Gasteiger partial charge in [0.1, 0.15) is 18.1 Å². The zero-order chi connectivity index (χ0) is 21.2. The van der Waals surface area contributed by atoms with Crippen LogP contribution in [0.3, 0.4) is 0 Å². The Balaban J connectivity index is 0.000000687. The molecule has 0 saturated carbocycles. The van der Waals surface area contributed by atoms with Crippen molar-refractivity contribution >= 4 is 23.3 Å². The third-order valence-corrected chi connectivity index (χ3v) is 3.82. The monoisotopic (exact) mass is 400 g/mol. The summed E-state index contributed by atoms with van der Waals surface area (Å²) in [5.41, 5.74) is 1.99. The highest BCUT2D eigenvalue weighted by Gasteiger charge is 2.17. The van der Waals surface area contributed by atoms with Crippen LogP contribution in [0.25, 0.3) is 0 Å². The zero-order valence-corrected chi connectivity index (χ0v) is 16.1. The van der Waals surface area contributed by atoms with E-state index in [0.717, 1.165) is 6.42 Å². The Hall–Kier alpha value is -3.39. The van der Waals surface area contributed by atoms with Crippen LogP contribution in [0, 0.1) is 5.41 Å². The molecule has 0 radical (unpaired) electrons. The van der Waals surface area contributed by atoms with Crippen molar-refractivity contribution in [1.29, 1.82) is 5.41 Å². The van der Waals surface area contributed by atoms with E-state index >= 15 is 0 Å². The highest BCUT2D eigenvalue weighted by atomic mass is 16.5. The van der Waals surface area contributed by atoms with E-state index in [1.165, 1.54) is 0 Å². The summed E-state index contributed by atoms with van der Waals surface area (Å²) in [6.45, 7) is 2.25. The molecule has 0 unspecified atom stereocenters. The molecule has 1 aliphatic rings. The Morgan fingerprint density at radius 3 is 2.72 bits per heavy atom. The molecule has 8 heteroatoms. The van der Waals surface area contributed by atoms with E-state index in [0.29, 0.717) is 34.9 Å². The lowest BCUT2D eigenvalue weighted by molar-refractivity contribution is -0.136. The molecule has 29 heavy (non-hydrogen) atoms. The summed E-state index contributed by atoms with van der Waals surface area (Å²) in [6.07, 6.45) is 0.791. The van der Waals surface area contributed by atoms with E-state index in [4.69, 9.17) is 25.1 Å². The Labute approximate surface area is 168 Å². The molecule has 1 amide bonds. The maximum absolute atomic E-state index is 11.4. The highest BCUT2D eigenvalue weighted by molar-refractivity contribution is 6.02. The lowest BCUT2D eigenvalue weighted by Crippen LogP contribution is -2.25. The van der Waals surface area contributed by atoms with Crippen molar-refractivity contribution in [2.24, 2.45) is 0 Å². The largest absolute Gasteiger partial charge is 0.487 e. The quantitative estimate of drug-likeness (QED) is 0.529. The minimum absolute atomic E-state index is 0.0143. The molecule has 0 bridgehead atoms. The van der Waals surface area contributed by atoms with Gasteiger partial charge in [0.25, 0.3) is 5.91 Å². The van der Waals surface area contributed by atoms with Gasteiger partial charge in [-0.1, -0.05) is 19.1 Å². The lowest BCUT2D eigenvalue weighted by Gasteiger charge is -2.18. The van der Waals surface area contributed by atoms with Crippen LogP contribution in [0.2, 0.25) is 0 Å². The maximum Gasteiger partial charge on any atom is 0.307 e. The maximum atomic E-state index is 11.4. The number of aliphatic hydroxyl groups excluding tert-OH is 1. The Kier molecular flexibility index (Phi) is 8.17. The number of anilines is 1. The number of ether oxygens (including phenoxy) is 2. The first-order valence-electron chi connectivity index (χ1n) is 9.11. The van der Waals surface area contributed by atoms with Crippen LogP contribution < -0.4 is 14.8 Å². The SMILES string of the molecule is CCCO.N=C(COc1cccc(CC(=O)O)c1)c1ccc2c(c1)NC(=O)CO2. The lowest BCUT2D eigenvalue weighted by atomic mass is 10.1. The van der Waals surface area contributed by atoms with Gasteiger partial charge in [-0.05, 0) is 42.3 Å². The second-order valence-corrected chi connectivity index (χ2v) is 6.26. The molecule has 2 aromatic rings. The molecule has 0 saturated heterocycles. The zero-order valence-electron chi connectivity index (χ0n) is 16.1. The summed E-state index contributed by atoms with van der Waals surface area (Å²) in [5, 5.41) is 27.5. The van der Waals surface area contributed by atoms with Gasteiger partial charge in [-0.3, -0.25) is 9.59 Å². The first kappa shape index (κ1) is 21.9. The number of carboxylic acid groups (broad SMARTS) is 1. The molecule has 0 aliphatic carbocycles. The summed E-state index contributed by atoms with van der Waals surface area (Å²) in [4.78, 5) is 22.1. The molecule has 0 fully saturated rings. The van der Waals surface area contributed by atoms with Crippen LogP contribution in [0.5, 0.6) is 11.5 Å². The Morgan fingerprint density at radius 1 is 1.28 bits per heavy atom. The predicted molar refractivity (Wildman–Crippen MR) is 108 cm³/mol. The molecule has 0 atom stereocenters. The van der Waals surface area contributed by atoms with E-state index in [1.54, 1.807) is 42.5 Å². The summed E-state index contributed by atoms with van der Waals surface area (Å²) in [5.74, 6) is -0.0811. The van der Waals surface area contributed by atoms with Crippen LogP contribution in [0.15, 0.2) is 42.5 Å². The van der Waals surface area contributed by atoms with Gasteiger partial charge in [0.15, 0.2) is 6.61 Å². The molecule has 1 aliphatic heterocycles. The van der Waals surface area contributed by atoms with Gasteiger partial charge in [-0.15, -0.1) is 0 Å². The number of carbonyl (C=O) groups excluding carboxylic acids is 1. The number of carbonyl (C=O) groups is 2.